The molecule has 0 saturated heterocycles. The summed E-state index contributed by atoms with van der Waals surface area (Å²) in [5.74, 6) is 1.52. The van der Waals surface area contributed by atoms with Gasteiger partial charge in [-0.15, -0.1) is 0 Å². The zero-order valence-corrected chi connectivity index (χ0v) is 16.1. The van der Waals surface area contributed by atoms with E-state index in [9.17, 15) is 5.11 Å². The molecule has 0 radical (unpaired) electrons. The Morgan fingerprint density at radius 1 is 1.07 bits per heavy atom. The lowest BCUT2D eigenvalue weighted by Crippen LogP contribution is -2.40. The lowest BCUT2D eigenvalue weighted by molar-refractivity contribution is 0.265. The minimum atomic E-state index is 0.0124. The van der Waals surface area contributed by atoms with Crippen molar-refractivity contribution >= 4 is 5.96 Å². The van der Waals surface area contributed by atoms with Gasteiger partial charge in [0.15, 0.2) is 5.96 Å². The highest BCUT2D eigenvalue weighted by molar-refractivity contribution is 5.79. The zero-order chi connectivity index (χ0) is 19.6. The molecule has 3 aromatic rings. The molecule has 6 heteroatoms. The van der Waals surface area contributed by atoms with Crippen molar-refractivity contribution in [2.24, 2.45) is 4.99 Å². The molecule has 3 rings (SSSR count). The molecule has 0 fully saturated rings. The van der Waals surface area contributed by atoms with Crippen LogP contribution in [0.4, 0.5) is 0 Å². The van der Waals surface area contributed by atoms with Gasteiger partial charge < -0.3 is 20.7 Å². The number of hydrogen-bond donors (Lipinski definition) is 4. The fourth-order valence-electron chi connectivity index (χ4n) is 2.94. The fraction of sp³-hybridized carbons (Fsp3) is 0.273. The van der Waals surface area contributed by atoms with Crippen LogP contribution in [0, 0.1) is 0 Å². The van der Waals surface area contributed by atoms with Crippen molar-refractivity contribution in [2.45, 2.75) is 19.4 Å². The van der Waals surface area contributed by atoms with Gasteiger partial charge in [-0.05, 0) is 18.1 Å². The van der Waals surface area contributed by atoms with E-state index in [0.29, 0.717) is 19.0 Å². The summed E-state index contributed by atoms with van der Waals surface area (Å²) >= 11 is 0. The monoisotopic (exact) mass is 377 g/mol. The molecular weight excluding hydrogens is 350 g/mol. The topological polar surface area (TPSA) is 85.3 Å². The second-order valence-corrected chi connectivity index (χ2v) is 6.48. The van der Waals surface area contributed by atoms with Crippen LogP contribution in [0.15, 0.2) is 71.9 Å². The molecule has 1 aromatic heterocycles. The standard InChI is InChI=1S/C22H27N5O/c1-2-23-22(25-13-19(16-28)17-9-5-3-6-10-17)26-15-21-24-14-20(27-21)18-11-7-4-8-12-18/h3-12,14,19,28H,2,13,15-16H2,1H3,(H,24,27)(H2,23,25,26). The number of benzene rings is 2. The van der Waals surface area contributed by atoms with Crippen molar-refractivity contribution in [3.63, 3.8) is 0 Å². The molecule has 146 valence electrons. The van der Waals surface area contributed by atoms with Crippen molar-refractivity contribution < 1.29 is 5.11 Å². The third-order valence-electron chi connectivity index (χ3n) is 4.45. The van der Waals surface area contributed by atoms with Gasteiger partial charge >= 0.3 is 0 Å². The molecule has 0 saturated carbocycles. The first-order valence-electron chi connectivity index (χ1n) is 9.57. The molecule has 1 atom stereocenters. The summed E-state index contributed by atoms with van der Waals surface area (Å²) in [4.78, 5) is 12.4. The molecule has 0 aliphatic carbocycles. The van der Waals surface area contributed by atoms with Gasteiger partial charge in [-0.1, -0.05) is 60.7 Å². The average Bonchev–Trinajstić information content (AvgIpc) is 3.23. The second-order valence-electron chi connectivity index (χ2n) is 6.48. The predicted molar refractivity (Wildman–Crippen MR) is 113 cm³/mol. The molecule has 0 aliphatic heterocycles. The fourth-order valence-corrected chi connectivity index (χ4v) is 2.94. The largest absolute Gasteiger partial charge is 0.396 e. The highest BCUT2D eigenvalue weighted by Crippen LogP contribution is 2.16. The maximum absolute atomic E-state index is 9.73. The van der Waals surface area contributed by atoms with Crippen LogP contribution in [0.25, 0.3) is 11.3 Å². The van der Waals surface area contributed by atoms with Gasteiger partial charge in [0.2, 0.25) is 0 Å². The summed E-state index contributed by atoms with van der Waals surface area (Å²) in [6, 6.07) is 20.1. The summed E-state index contributed by atoms with van der Waals surface area (Å²) < 4.78 is 0. The number of guanidine groups is 1. The number of aliphatic hydroxyl groups excluding tert-OH is 1. The summed E-state index contributed by atoms with van der Waals surface area (Å²) in [6.45, 7) is 3.90. The van der Waals surface area contributed by atoms with Gasteiger partial charge in [0, 0.05) is 19.0 Å². The number of nitrogens with one attached hydrogen (secondary N) is 3. The zero-order valence-electron chi connectivity index (χ0n) is 16.1. The van der Waals surface area contributed by atoms with Crippen LogP contribution in [0.2, 0.25) is 0 Å². The van der Waals surface area contributed by atoms with Crippen LogP contribution in [-0.4, -0.2) is 40.7 Å². The lowest BCUT2D eigenvalue weighted by Gasteiger charge is -2.18. The van der Waals surface area contributed by atoms with Crippen LogP contribution in [0.5, 0.6) is 0 Å². The summed E-state index contributed by atoms with van der Waals surface area (Å²) in [5, 5.41) is 16.3. The number of aliphatic imine (C=N–C) groups is 1. The van der Waals surface area contributed by atoms with E-state index in [1.54, 1.807) is 0 Å². The Bertz CT molecular complexity index is 861. The van der Waals surface area contributed by atoms with E-state index in [1.807, 2.05) is 73.8 Å². The van der Waals surface area contributed by atoms with Gasteiger partial charge in [0.1, 0.15) is 12.4 Å². The average molecular weight is 377 g/mol. The smallest absolute Gasteiger partial charge is 0.191 e. The quantitative estimate of drug-likeness (QED) is 0.359. The van der Waals surface area contributed by atoms with E-state index in [0.717, 1.165) is 29.2 Å². The summed E-state index contributed by atoms with van der Waals surface area (Å²) in [5.41, 5.74) is 3.18. The summed E-state index contributed by atoms with van der Waals surface area (Å²) in [6.07, 6.45) is 1.83. The first-order valence-corrected chi connectivity index (χ1v) is 9.57. The Labute approximate surface area is 165 Å². The Morgan fingerprint density at radius 3 is 2.46 bits per heavy atom. The van der Waals surface area contributed by atoms with E-state index in [1.165, 1.54) is 0 Å². The van der Waals surface area contributed by atoms with Crippen LogP contribution in [0.1, 0.15) is 24.2 Å². The molecule has 2 aromatic carbocycles. The van der Waals surface area contributed by atoms with Crippen molar-refractivity contribution in [1.82, 2.24) is 20.6 Å². The lowest BCUT2D eigenvalue weighted by atomic mass is 10.0. The van der Waals surface area contributed by atoms with Crippen LogP contribution in [0.3, 0.4) is 0 Å². The van der Waals surface area contributed by atoms with Crippen LogP contribution in [-0.2, 0) is 6.54 Å². The number of nitrogens with zero attached hydrogens (tertiary/aromatic N) is 2. The SMILES string of the molecule is CCNC(=NCc1ncc(-c2ccccc2)[nH]1)NCC(CO)c1ccccc1. The molecule has 0 amide bonds. The molecule has 4 N–H and O–H groups in total. The van der Waals surface area contributed by atoms with Crippen molar-refractivity contribution in [3.8, 4) is 11.3 Å². The van der Waals surface area contributed by atoms with Crippen molar-refractivity contribution in [2.75, 3.05) is 19.7 Å². The Kier molecular flexibility index (Phi) is 7.21. The van der Waals surface area contributed by atoms with E-state index >= 15 is 0 Å². The van der Waals surface area contributed by atoms with Crippen LogP contribution < -0.4 is 10.6 Å². The minimum Gasteiger partial charge on any atom is -0.396 e. The third-order valence-corrected chi connectivity index (χ3v) is 4.45. The highest BCUT2D eigenvalue weighted by atomic mass is 16.3. The normalized spacial score (nSPS) is 12.6. The van der Waals surface area contributed by atoms with E-state index in [-0.39, 0.29) is 12.5 Å². The first-order chi connectivity index (χ1) is 13.8. The first kappa shape index (κ1) is 19.6. The number of aliphatic hydroxyl groups is 1. The number of hydrogen-bond acceptors (Lipinski definition) is 3. The van der Waals surface area contributed by atoms with E-state index < -0.39 is 0 Å². The molecular formula is C22H27N5O. The number of aromatic amines is 1. The third kappa shape index (κ3) is 5.44. The Morgan fingerprint density at radius 2 is 1.79 bits per heavy atom. The molecule has 0 bridgehead atoms. The van der Waals surface area contributed by atoms with Crippen molar-refractivity contribution in [1.29, 1.82) is 0 Å². The summed E-state index contributed by atoms with van der Waals surface area (Å²) in [7, 11) is 0. The Balaban J connectivity index is 1.62. The molecule has 28 heavy (non-hydrogen) atoms. The molecule has 1 heterocycles. The molecule has 0 spiro atoms. The van der Waals surface area contributed by atoms with E-state index in [2.05, 4.69) is 25.6 Å². The highest BCUT2D eigenvalue weighted by Gasteiger charge is 2.11. The van der Waals surface area contributed by atoms with Crippen LogP contribution >= 0.6 is 0 Å². The minimum absolute atomic E-state index is 0.0124. The van der Waals surface area contributed by atoms with E-state index in [4.69, 9.17) is 0 Å². The van der Waals surface area contributed by atoms with Gasteiger partial charge in [0.25, 0.3) is 0 Å². The second kappa shape index (κ2) is 10.3. The van der Waals surface area contributed by atoms with Gasteiger partial charge in [-0.25, -0.2) is 9.98 Å². The molecule has 1 unspecified atom stereocenters. The van der Waals surface area contributed by atoms with Gasteiger partial charge in [0.05, 0.1) is 18.5 Å². The van der Waals surface area contributed by atoms with Gasteiger partial charge in [-0.3, -0.25) is 0 Å². The van der Waals surface area contributed by atoms with Crippen molar-refractivity contribution in [3.05, 3.63) is 78.2 Å². The Hall–Kier alpha value is -3.12. The number of imidazole rings is 1. The maximum atomic E-state index is 9.73. The number of aromatic nitrogens is 2. The maximum Gasteiger partial charge on any atom is 0.191 e. The number of H-pyrrole nitrogens is 1. The predicted octanol–water partition coefficient (Wildman–Crippen LogP) is 2.91. The van der Waals surface area contributed by atoms with Gasteiger partial charge in [-0.2, -0.15) is 0 Å². The molecule has 6 nitrogen and oxygen atoms in total. The number of rotatable bonds is 8. The molecule has 0 aliphatic rings.